The second-order valence-corrected chi connectivity index (χ2v) is 6.74. The topological polar surface area (TPSA) is 73.0 Å². The molecule has 2 aromatic carbocycles. The number of hydrogen-bond donors (Lipinski definition) is 1. The second-order valence-electron chi connectivity index (χ2n) is 6.31. The van der Waals surface area contributed by atoms with Crippen LogP contribution in [0.5, 0.6) is 0 Å². The Bertz CT molecular complexity index is 1150. The van der Waals surface area contributed by atoms with E-state index >= 15 is 0 Å². The lowest BCUT2D eigenvalue weighted by Crippen LogP contribution is -2.16. The number of oxazole rings is 1. The molecule has 0 fully saturated rings. The van der Waals surface area contributed by atoms with Crippen molar-refractivity contribution in [2.75, 3.05) is 5.32 Å². The molecule has 6 nitrogen and oxygen atoms in total. The molecule has 0 bridgehead atoms. The molecule has 0 aliphatic heterocycles. The monoisotopic (exact) mass is 392 g/mol. The van der Waals surface area contributed by atoms with E-state index in [1.165, 1.54) is 0 Å². The van der Waals surface area contributed by atoms with Crippen molar-refractivity contribution >= 4 is 23.3 Å². The van der Waals surface area contributed by atoms with Crippen molar-refractivity contribution in [2.24, 2.45) is 0 Å². The molecule has 0 saturated heterocycles. The third-order valence-electron chi connectivity index (χ3n) is 4.16. The van der Waals surface area contributed by atoms with Gasteiger partial charge >= 0.3 is 0 Å². The minimum atomic E-state index is -0.369. The van der Waals surface area contributed by atoms with Crippen molar-refractivity contribution in [3.63, 3.8) is 0 Å². The first-order valence-corrected chi connectivity index (χ1v) is 9.06. The van der Waals surface area contributed by atoms with Gasteiger partial charge in [0.2, 0.25) is 5.89 Å². The molecule has 1 amide bonds. The van der Waals surface area contributed by atoms with Gasteiger partial charge in [0.25, 0.3) is 5.91 Å². The largest absolute Gasteiger partial charge is 0.441 e. The highest BCUT2D eigenvalue weighted by molar-refractivity contribution is 6.30. The lowest BCUT2D eigenvalue weighted by atomic mass is 10.2. The number of rotatable bonds is 4. The Morgan fingerprint density at radius 1 is 1.07 bits per heavy atom. The van der Waals surface area contributed by atoms with Crippen molar-refractivity contribution in [1.29, 1.82) is 0 Å². The molecule has 2 heterocycles. The fourth-order valence-electron chi connectivity index (χ4n) is 2.88. The number of carbonyl (C=O) groups excluding carboxylic acids is 1. The number of nitrogens with zero attached hydrogens (tertiary/aromatic N) is 3. The van der Waals surface area contributed by atoms with Gasteiger partial charge in [-0.1, -0.05) is 35.9 Å². The Balaban J connectivity index is 1.64. The molecular weight excluding hydrogens is 376 g/mol. The maximum Gasteiger partial charge on any atom is 0.279 e. The number of aromatic nitrogens is 3. The van der Waals surface area contributed by atoms with Crippen LogP contribution in [0.4, 0.5) is 5.82 Å². The highest BCUT2D eigenvalue weighted by atomic mass is 35.5. The summed E-state index contributed by atoms with van der Waals surface area (Å²) in [5.74, 6) is 1.00. The van der Waals surface area contributed by atoms with E-state index in [4.69, 9.17) is 16.0 Å². The van der Waals surface area contributed by atoms with E-state index in [0.29, 0.717) is 22.5 Å². The number of hydrogen-bond acceptors (Lipinski definition) is 4. The molecule has 0 unspecified atom stereocenters. The Hall–Kier alpha value is -3.38. The number of anilines is 1. The molecule has 0 aliphatic carbocycles. The molecular formula is C21H17ClN4O2. The Morgan fingerprint density at radius 3 is 2.61 bits per heavy atom. The number of nitrogens with one attached hydrogen (secondary N) is 1. The summed E-state index contributed by atoms with van der Waals surface area (Å²) in [4.78, 5) is 17.2. The summed E-state index contributed by atoms with van der Waals surface area (Å²) < 4.78 is 7.32. The second kappa shape index (κ2) is 7.32. The zero-order valence-electron chi connectivity index (χ0n) is 15.3. The van der Waals surface area contributed by atoms with E-state index in [9.17, 15) is 4.79 Å². The first-order valence-electron chi connectivity index (χ1n) is 8.68. The van der Waals surface area contributed by atoms with Crippen molar-refractivity contribution < 1.29 is 9.21 Å². The standard InChI is InChI=1S/C21H17ClN4O2/c1-13-11-18(26(25-13)17-10-6-9-16(22)12-17)23-20(27)19-14(2)28-21(24-19)15-7-4-3-5-8-15/h3-12H,1-2H3,(H,23,27). The summed E-state index contributed by atoms with van der Waals surface area (Å²) in [5.41, 5.74) is 2.55. The molecule has 0 spiro atoms. The van der Waals surface area contributed by atoms with Crippen LogP contribution < -0.4 is 5.32 Å². The zero-order chi connectivity index (χ0) is 19.7. The van der Waals surface area contributed by atoms with Crippen molar-refractivity contribution in [1.82, 2.24) is 14.8 Å². The maximum atomic E-state index is 12.8. The number of aryl methyl sites for hydroxylation is 2. The minimum Gasteiger partial charge on any atom is -0.441 e. The summed E-state index contributed by atoms with van der Waals surface area (Å²) >= 11 is 6.09. The Morgan fingerprint density at radius 2 is 1.86 bits per heavy atom. The van der Waals surface area contributed by atoms with E-state index < -0.39 is 0 Å². The van der Waals surface area contributed by atoms with Crippen LogP contribution in [0, 0.1) is 13.8 Å². The van der Waals surface area contributed by atoms with Gasteiger partial charge in [-0.15, -0.1) is 0 Å². The van der Waals surface area contributed by atoms with Crippen LogP contribution in [0.2, 0.25) is 5.02 Å². The number of halogens is 1. The lowest BCUT2D eigenvalue weighted by molar-refractivity contribution is 0.102. The first kappa shape index (κ1) is 18.0. The summed E-state index contributed by atoms with van der Waals surface area (Å²) in [6.07, 6.45) is 0. The fraction of sp³-hybridized carbons (Fsp3) is 0.0952. The lowest BCUT2D eigenvalue weighted by Gasteiger charge is -2.08. The SMILES string of the molecule is Cc1cc(NC(=O)c2nc(-c3ccccc3)oc2C)n(-c2cccc(Cl)c2)n1. The van der Waals surface area contributed by atoms with Crippen LogP contribution >= 0.6 is 11.6 Å². The van der Waals surface area contributed by atoms with E-state index in [2.05, 4.69) is 15.4 Å². The van der Waals surface area contributed by atoms with E-state index in [1.807, 2.05) is 49.4 Å². The normalized spacial score (nSPS) is 10.8. The third kappa shape index (κ3) is 3.54. The molecule has 0 atom stereocenters. The van der Waals surface area contributed by atoms with Gasteiger partial charge in [-0.05, 0) is 44.2 Å². The van der Waals surface area contributed by atoms with Gasteiger partial charge in [0.15, 0.2) is 5.69 Å². The molecule has 2 aromatic heterocycles. The highest BCUT2D eigenvalue weighted by Gasteiger charge is 2.20. The van der Waals surface area contributed by atoms with E-state index in [-0.39, 0.29) is 11.6 Å². The predicted octanol–water partition coefficient (Wildman–Crippen LogP) is 5.05. The molecule has 28 heavy (non-hydrogen) atoms. The summed E-state index contributed by atoms with van der Waals surface area (Å²) in [6.45, 7) is 3.57. The van der Waals surface area contributed by atoms with E-state index in [1.54, 1.807) is 29.8 Å². The highest BCUT2D eigenvalue weighted by Crippen LogP contribution is 2.24. The fourth-order valence-corrected chi connectivity index (χ4v) is 3.06. The van der Waals surface area contributed by atoms with Crippen LogP contribution in [0.3, 0.4) is 0 Å². The van der Waals surface area contributed by atoms with Gasteiger partial charge in [-0.25, -0.2) is 9.67 Å². The van der Waals surface area contributed by atoms with E-state index in [0.717, 1.165) is 16.9 Å². The van der Waals surface area contributed by atoms with Gasteiger partial charge in [0, 0.05) is 16.7 Å². The summed E-state index contributed by atoms with van der Waals surface area (Å²) in [7, 11) is 0. The number of benzene rings is 2. The van der Waals surface area contributed by atoms with Crippen LogP contribution in [-0.2, 0) is 0 Å². The minimum absolute atomic E-state index is 0.232. The van der Waals surface area contributed by atoms with Crippen LogP contribution in [0.1, 0.15) is 21.9 Å². The molecule has 4 rings (SSSR count). The molecule has 140 valence electrons. The number of carbonyl (C=O) groups is 1. The number of amides is 1. The quantitative estimate of drug-likeness (QED) is 0.527. The van der Waals surface area contributed by atoms with Gasteiger partial charge in [0.05, 0.1) is 11.4 Å². The Kier molecular flexibility index (Phi) is 4.71. The average molecular weight is 393 g/mol. The van der Waals surface area contributed by atoms with Crippen LogP contribution in [0.25, 0.3) is 17.1 Å². The average Bonchev–Trinajstić information content (AvgIpc) is 3.25. The van der Waals surface area contributed by atoms with Crippen molar-refractivity contribution in [2.45, 2.75) is 13.8 Å². The molecule has 0 saturated carbocycles. The predicted molar refractivity (Wildman–Crippen MR) is 108 cm³/mol. The van der Waals surface area contributed by atoms with Gasteiger partial charge in [-0.2, -0.15) is 5.10 Å². The first-order chi connectivity index (χ1) is 13.5. The molecule has 7 heteroatoms. The van der Waals surface area contributed by atoms with Gasteiger partial charge in [0.1, 0.15) is 11.6 Å². The van der Waals surface area contributed by atoms with Gasteiger partial charge < -0.3 is 9.73 Å². The maximum absolute atomic E-state index is 12.8. The molecule has 0 radical (unpaired) electrons. The third-order valence-corrected chi connectivity index (χ3v) is 4.39. The molecule has 0 aliphatic rings. The summed E-state index contributed by atoms with van der Waals surface area (Å²) in [5, 5.41) is 7.90. The Labute approximate surface area is 166 Å². The van der Waals surface area contributed by atoms with Crippen molar-refractivity contribution in [3.05, 3.63) is 82.8 Å². The van der Waals surface area contributed by atoms with Crippen molar-refractivity contribution in [3.8, 4) is 17.1 Å². The zero-order valence-corrected chi connectivity index (χ0v) is 16.1. The smallest absolute Gasteiger partial charge is 0.279 e. The molecule has 4 aromatic rings. The summed E-state index contributed by atoms with van der Waals surface area (Å²) in [6, 6.07) is 18.5. The van der Waals surface area contributed by atoms with Gasteiger partial charge in [-0.3, -0.25) is 4.79 Å². The van der Waals surface area contributed by atoms with Crippen LogP contribution in [-0.4, -0.2) is 20.7 Å². The molecule has 1 N–H and O–H groups in total. The van der Waals surface area contributed by atoms with Crippen LogP contribution in [0.15, 0.2) is 65.1 Å².